The Balaban J connectivity index is 0.00000338. The second-order valence-corrected chi connectivity index (χ2v) is 5.79. The van der Waals surface area contributed by atoms with Crippen molar-refractivity contribution in [2.45, 2.75) is 33.2 Å². The number of nitrogens with zero attached hydrogens (tertiary/aromatic N) is 4. The van der Waals surface area contributed by atoms with Crippen LogP contribution in [0.2, 0.25) is 0 Å². The summed E-state index contributed by atoms with van der Waals surface area (Å²) in [6.45, 7) is 6.52. The molecule has 0 saturated carbocycles. The van der Waals surface area contributed by atoms with Crippen molar-refractivity contribution in [1.29, 1.82) is 0 Å². The van der Waals surface area contributed by atoms with Crippen LogP contribution < -0.4 is 15.4 Å². The van der Waals surface area contributed by atoms with Gasteiger partial charge in [0, 0.05) is 33.1 Å². The zero-order valence-corrected chi connectivity index (χ0v) is 18.3. The van der Waals surface area contributed by atoms with Crippen molar-refractivity contribution in [3.63, 3.8) is 0 Å². The smallest absolute Gasteiger partial charge is 0.191 e. The highest BCUT2D eigenvalue weighted by atomic mass is 127. The molecule has 0 unspecified atom stereocenters. The van der Waals surface area contributed by atoms with Crippen LogP contribution in [-0.2, 0) is 19.4 Å². The maximum atomic E-state index is 5.42. The van der Waals surface area contributed by atoms with Gasteiger partial charge in [0.05, 0.1) is 7.11 Å². The third kappa shape index (κ3) is 6.47. The number of hydrogen-bond acceptors (Lipinski definition) is 4. The van der Waals surface area contributed by atoms with E-state index in [1.807, 2.05) is 6.07 Å². The van der Waals surface area contributed by atoms with Crippen molar-refractivity contribution in [2.24, 2.45) is 4.99 Å². The number of guanidine groups is 1. The second kappa shape index (κ2) is 11.7. The average Bonchev–Trinajstić information content (AvgIpc) is 3.08. The van der Waals surface area contributed by atoms with Gasteiger partial charge in [0.25, 0.3) is 0 Å². The highest BCUT2D eigenvalue weighted by Gasteiger charge is 2.05. The zero-order valence-electron chi connectivity index (χ0n) is 16.0. The van der Waals surface area contributed by atoms with Crippen LogP contribution in [0.4, 0.5) is 0 Å². The van der Waals surface area contributed by atoms with Gasteiger partial charge in [0.15, 0.2) is 5.96 Å². The third-order valence-electron chi connectivity index (χ3n) is 4.00. The number of hydrogen-bond donors (Lipinski definition) is 2. The lowest BCUT2D eigenvalue weighted by Gasteiger charge is -2.14. The first-order valence-corrected chi connectivity index (χ1v) is 8.62. The molecule has 0 aliphatic rings. The molecule has 0 atom stereocenters. The number of nitrogens with one attached hydrogen (secondary N) is 2. The molecule has 0 fully saturated rings. The van der Waals surface area contributed by atoms with Crippen LogP contribution in [0.1, 0.15) is 23.9 Å². The number of ether oxygens (including phenoxy) is 1. The molecule has 0 amide bonds. The largest absolute Gasteiger partial charge is 0.496 e. The first kappa shape index (κ1) is 22.2. The van der Waals surface area contributed by atoms with Crippen LogP contribution in [-0.4, -0.2) is 48.0 Å². The van der Waals surface area contributed by atoms with E-state index < -0.39 is 0 Å². The van der Waals surface area contributed by atoms with Gasteiger partial charge in [-0.15, -0.1) is 34.2 Å². The van der Waals surface area contributed by atoms with Crippen LogP contribution in [0.5, 0.6) is 5.75 Å². The van der Waals surface area contributed by atoms with E-state index in [0.717, 1.165) is 50.0 Å². The lowest BCUT2D eigenvalue weighted by Crippen LogP contribution is -2.39. The monoisotopic (exact) mass is 472 g/mol. The molecule has 7 nitrogen and oxygen atoms in total. The average molecular weight is 472 g/mol. The SMILES string of the molecule is CCc1nncn1CCNC(=NC)NCCc1cc(C)ccc1OC.I. The summed E-state index contributed by atoms with van der Waals surface area (Å²) in [6, 6.07) is 6.24. The number of rotatable bonds is 8. The van der Waals surface area contributed by atoms with Crippen molar-refractivity contribution in [3.05, 3.63) is 41.5 Å². The molecule has 0 spiro atoms. The number of aryl methyl sites for hydroxylation is 2. The molecular weight excluding hydrogens is 443 g/mol. The third-order valence-corrected chi connectivity index (χ3v) is 4.00. The standard InChI is InChI=1S/C18H28N6O.HI/c1-5-17-23-22-13-24(17)11-10-21-18(19-3)20-9-8-15-12-14(2)6-7-16(15)25-4;/h6-7,12-13H,5,8-11H2,1-4H3,(H2,19,20,21);1H. The highest BCUT2D eigenvalue weighted by molar-refractivity contribution is 14.0. The molecule has 0 radical (unpaired) electrons. The molecule has 1 aromatic carbocycles. The Labute approximate surface area is 172 Å². The minimum atomic E-state index is 0. The summed E-state index contributed by atoms with van der Waals surface area (Å²) < 4.78 is 7.48. The van der Waals surface area contributed by atoms with Gasteiger partial charge in [-0.3, -0.25) is 4.99 Å². The molecule has 2 rings (SSSR count). The molecule has 0 saturated heterocycles. The molecule has 144 valence electrons. The Morgan fingerprint density at radius 3 is 2.73 bits per heavy atom. The molecule has 26 heavy (non-hydrogen) atoms. The van der Waals surface area contributed by atoms with Gasteiger partial charge in [0.1, 0.15) is 17.9 Å². The summed E-state index contributed by atoms with van der Waals surface area (Å²) >= 11 is 0. The number of methoxy groups -OCH3 is 1. The van der Waals surface area contributed by atoms with Crippen molar-refractivity contribution < 1.29 is 4.74 Å². The Bertz CT molecular complexity index is 701. The summed E-state index contributed by atoms with van der Waals surface area (Å²) in [6.07, 6.45) is 3.52. The predicted octanol–water partition coefficient (Wildman–Crippen LogP) is 2.18. The minimum Gasteiger partial charge on any atom is -0.496 e. The lowest BCUT2D eigenvalue weighted by molar-refractivity contribution is 0.409. The number of benzene rings is 1. The molecule has 1 aromatic heterocycles. The van der Waals surface area contributed by atoms with E-state index in [1.54, 1.807) is 20.5 Å². The van der Waals surface area contributed by atoms with Gasteiger partial charge in [0.2, 0.25) is 0 Å². The van der Waals surface area contributed by atoms with Crippen molar-refractivity contribution in [3.8, 4) is 5.75 Å². The Hall–Kier alpha value is -1.84. The molecule has 2 aromatic rings. The summed E-state index contributed by atoms with van der Waals surface area (Å²) in [5.74, 6) is 2.71. The van der Waals surface area contributed by atoms with Crippen LogP contribution in [0.15, 0.2) is 29.5 Å². The summed E-state index contributed by atoms with van der Waals surface area (Å²) in [7, 11) is 3.48. The quantitative estimate of drug-likeness (QED) is 0.350. The van der Waals surface area contributed by atoms with E-state index in [0.29, 0.717) is 0 Å². The number of aromatic nitrogens is 3. The minimum absolute atomic E-state index is 0. The molecular formula is C18H29IN6O. The van der Waals surface area contributed by atoms with Crippen LogP contribution in [0, 0.1) is 6.92 Å². The van der Waals surface area contributed by atoms with E-state index >= 15 is 0 Å². The molecule has 0 aliphatic heterocycles. The summed E-state index contributed by atoms with van der Waals surface area (Å²) in [5, 5.41) is 14.7. The van der Waals surface area contributed by atoms with Crippen LogP contribution in [0.3, 0.4) is 0 Å². The normalized spacial score (nSPS) is 11.0. The second-order valence-electron chi connectivity index (χ2n) is 5.79. The first-order chi connectivity index (χ1) is 12.2. The molecule has 0 aliphatic carbocycles. The van der Waals surface area contributed by atoms with Crippen molar-refractivity contribution in [2.75, 3.05) is 27.2 Å². The summed E-state index contributed by atoms with van der Waals surface area (Å²) in [4.78, 5) is 4.26. The van der Waals surface area contributed by atoms with Crippen molar-refractivity contribution >= 4 is 29.9 Å². The maximum absolute atomic E-state index is 5.42. The zero-order chi connectivity index (χ0) is 18.1. The Morgan fingerprint density at radius 2 is 2.04 bits per heavy atom. The predicted molar refractivity (Wildman–Crippen MR) is 116 cm³/mol. The van der Waals surface area contributed by atoms with Gasteiger partial charge >= 0.3 is 0 Å². The van der Waals surface area contributed by atoms with Gasteiger partial charge in [-0.1, -0.05) is 24.6 Å². The van der Waals surface area contributed by atoms with Gasteiger partial charge in [-0.25, -0.2) is 0 Å². The Morgan fingerprint density at radius 1 is 1.27 bits per heavy atom. The highest BCUT2D eigenvalue weighted by Crippen LogP contribution is 2.19. The van der Waals surface area contributed by atoms with Gasteiger partial charge < -0.3 is 19.9 Å². The van der Waals surface area contributed by atoms with Gasteiger partial charge in [-0.2, -0.15) is 0 Å². The molecule has 8 heteroatoms. The number of halogens is 1. The fraction of sp³-hybridized carbons (Fsp3) is 0.500. The number of aliphatic imine (C=N–C) groups is 1. The van der Waals surface area contributed by atoms with Gasteiger partial charge in [-0.05, 0) is 25.0 Å². The maximum Gasteiger partial charge on any atom is 0.191 e. The summed E-state index contributed by atoms with van der Waals surface area (Å²) in [5.41, 5.74) is 2.43. The van der Waals surface area contributed by atoms with E-state index in [4.69, 9.17) is 4.74 Å². The van der Waals surface area contributed by atoms with E-state index in [9.17, 15) is 0 Å². The van der Waals surface area contributed by atoms with Crippen LogP contribution in [0.25, 0.3) is 0 Å². The van der Waals surface area contributed by atoms with E-state index in [2.05, 4.69) is 56.4 Å². The Kier molecular flexibility index (Phi) is 10.0. The van der Waals surface area contributed by atoms with E-state index in [1.165, 1.54) is 11.1 Å². The molecule has 0 bridgehead atoms. The lowest BCUT2D eigenvalue weighted by atomic mass is 10.1. The fourth-order valence-corrected chi connectivity index (χ4v) is 2.67. The van der Waals surface area contributed by atoms with Crippen LogP contribution >= 0.6 is 24.0 Å². The first-order valence-electron chi connectivity index (χ1n) is 8.62. The van der Waals surface area contributed by atoms with Crippen molar-refractivity contribution in [1.82, 2.24) is 25.4 Å². The molecule has 2 N–H and O–H groups in total. The molecule has 1 heterocycles. The topological polar surface area (TPSA) is 76.4 Å². The van der Waals surface area contributed by atoms with E-state index in [-0.39, 0.29) is 24.0 Å². The fourth-order valence-electron chi connectivity index (χ4n) is 2.67.